The summed E-state index contributed by atoms with van der Waals surface area (Å²) in [5.74, 6) is 0.795. The van der Waals surface area contributed by atoms with Crippen LogP contribution < -0.4 is 10.1 Å². The van der Waals surface area contributed by atoms with Gasteiger partial charge in [-0.1, -0.05) is 24.3 Å². The van der Waals surface area contributed by atoms with Gasteiger partial charge in [0.05, 0.1) is 7.11 Å². The Labute approximate surface area is 124 Å². The number of hydrogen-bond acceptors (Lipinski definition) is 3. The van der Waals surface area contributed by atoms with Crippen LogP contribution in [0.1, 0.15) is 11.3 Å². The summed E-state index contributed by atoms with van der Waals surface area (Å²) < 4.78 is 5.42. The molecule has 0 fully saturated rings. The minimum absolute atomic E-state index is 0.795. The Kier molecular flexibility index (Phi) is 3.48. The van der Waals surface area contributed by atoms with Crippen LogP contribution in [-0.2, 0) is 0 Å². The fourth-order valence-electron chi connectivity index (χ4n) is 2.50. The minimum atomic E-state index is 0.795. The molecule has 21 heavy (non-hydrogen) atoms. The number of hydrogen-bond donors (Lipinski definition) is 1. The number of nitrogens with one attached hydrogen (secondary N) is 1. The molecule has 2 aromatic carbocycles. The zero-order chi connectivity index (χ0) is 14.8. The summed E-state index contributed by atoms with van der Waals surface area (Å²) in [7, 11) is 1.67. The molecule has 0 spiro atoms. The van der Waals surface area contributed by atoms with Crippen molar-refractivity contribution in [1.82, 2.24) is 4.98 Å². The predicted octanol–water partition coefficient (Wildman–Crippen LogP) is 4.60. The van der Waals surface area contributed by atoms with Gasteiger partial charge in [-0.2, -0.15) is 0 Å². The van der Waals surface area contributed by atoms with Crippen LogP contribution in [0.15, 0.2) is 48.5 Å². The van der Waals surface area contributed by atoms with Crippen LogP contribution in [-0.4, -0.2) is 12.1 Å². The normalized spacial score (nSPS) is 10.6. The van der Waals surface area contributed by atoms with Crippen molar-refractivity contribution in [1.29, 1.82) is 0 Å². The number of fused-ring (bicyclic) bond motifs is 1. The maximum atomic E-state index is 5.42. The second-order valence-corrected chi connectivity index (χ2v) is 5.16. The third kappa shape index (κ3) is 2.68. The number of benzene rings is 2. The zero-order valence-electron chi connectivity index (χ0n) is 12.5. The highest BCUT2D eigenvalue weighted by Gasteiger charge is 2.08. The quantitative estimate of drug-likeness (QED) is 0.760. The van der Waals surface area contributed by atoms with E-state index in [4.69, 9.17) is 4.74 Å². The standard InChI is InChI=1S/C18H18N2O/c1-12-6-4-7-14(10-12)20-16-11-13(2)19-18-15(16)8-5-9-17(18)21-3/h4-11H,1-3H3,(H,19,20). The molecule has 3 heteroatoms. The first-order valence-corrected chi connectivity index (χ1v) is 6.95. The summed E-state index contributed by atoms with van der Waals surface area (Å²) in [6, 6.07) is 16.4. The molecular weight excluding hydrogens is 260 g/mol. The van der Waals surface area contributed by atoms with E-state index in [0.717, 1.165) is 33.7 Å². The van der Waals surface area contributed by atoms with Gasteiger partial charge in [-0.25, -0.2) is 4.98 Å². The van der Waals surface area contributed by atoms with Crippen LogP contribution in [0.2, 0.25) is 0 Å². The van der Waals surface area contributed by atoms with E-state index in [9.17, 15) is 0 Å². The first-order chi connectivity index (χ1) is 10.2. The van der Waals surface area contributed by atoms with Crippen LogP contribution in [0, 0.1) is 13.8 Å². The average Bonchev–Trinajstić information content (AvgIpc) is 2.46. The maximum Gasteiger partial charge on any atom is 0.145 e. The molecule has 0 unspecified atom stereocenters. The first kappa shape index (κ1) is 13.4. The Morgan fingerprint density at radius 2 is 1.81 bits per heavy atom. The Hall–Kier alpha value is -2.55. The van der Waals surface area contributed by atoms with Gasteiger partial charge in [-0.15, -0.1) is 0 Å². The largest absolute Gasteiger partial charge is 0.494 e. The van der Waals surface area contributed by atoms with E-state index in [2.05, 4.69) is 53.6 Å². The van der Waals surface area contributed by atoms with Crippen molar-refractivity contribution in [3.63, 3.8) is 0 Å². The SMILES string of the molecule is COc1cccc2c(Nc3cccc(C)c3)cc(C)nc12. The number of aromatic nitrogens is 1. The number of methoxy groups -OCH3 is 1. The van der Waals surface area contributed by atoms with Crippen molar-refractivity contribution >= 4 is 22.3 Å². The first-order valence-electron chi connectivity index (χ1n) is 6.95. The van der Waals surface area contributed by atoms with E-state index in [1.165, 1.54) is 5.56 Å². The number of pyridine rings is 1. The summed E-state index contributed by atoms with van der Waals surface area (Å²) >= 11 is 0. The molecule has 1 N–H and O–H groups in total. The molecule has 0 amide bonds. The Bertz CT molecular complexity index is 796. The molecule has 1 aromatic heterocycles. The number of ether oxygens (including phenoxy) is 1. The molecule has 0 aliphatic carbocycles. The van der Waals surface area contributed by atoms with E-state index in [0.29, 0.717) is 0 Å². The summed E-state index contributed by atoms with van der Waals surface area (Å²) in [6.07, 6.45) is 0. The Morgan fingerprint density at radius 3 is 2.57 bits per heavy atom. The molecule has 1 heterocycles. The second kappa shape index (κ2) is 5.44. The maximum absolute atomic E-state index is 5.42. The van der Waals surface area contributed by atoms with E-state index >= 15 is 0 Å². The molecule has 0 radical (unpaired) electrons. The monoisotopic (exact) mass is 278 g/mol. The Balaban J connectivity index is 2.14. The average molecular weight is 278 g/mol. The van der Waals surface area contributed by atoms with Gasteiger partial charge in [0.1, 0.15) is 11.3 Å². The summed E-state index contributed by atoms with van der Waals surface area (Å²) in [5.41, 5.74) is 5.19. The van der Waals surface area contributed by atoms with Crippen LogP contribution in [0.25, 0.3) is 10.9 Å². The molecule has 0 atom stereocenters. The van der Waals surface area contributed by atoms with Gasteiger partial charge in [0.15, 0.2) is 0 Å². The number of nitrogens with zero attached hydrogens (tertiary/aromatic N) is 1. The molecule has 0 saturated heterocycles. The fourth-order valence-corrected chi connectivity index (χ4v) is 2.50. The van der Waals surface area contributed by atoms with Crippen molar-refractivity contribution in [2.24, 2.45) is 0 Å². The van der Waals surface area contributed by atoms with Crippen molar-refractivity contribution < 1.29 is 4.74 Å². The lowest BCUT2D eigenvalue weighted by Gasteiger charge is -2.13. The van der Waals surface area contributed by atoms with Crippen LogP contribution >= 0.6 is 0 Å². The molecule has 0 saturated carbocycles. The number of rotatable bonds is 3. The van der Waals surface area contributed by atoms with Gasteiger partial charge in [-0.3, -0.25) is 0 Å². The summed E-state index contributed by atoms with van der Waals surface area (Å²) in [4.78, 5) is 4.60. The molecule has 0 bridgehead atoms. The predicted molar refractivity (Wildman–Crippen MR) is 87.5 cm³/mol. The summed E-state index contributed by atoms with van der Waals surface area (Å²) in [5, 5.41) is 4.54. The van der Waals surface area contributed by atoms with Gasteiger partial charge in [0.25, 0.3) is 0 Å². The van der Waals surface area contributed by atoms with Crippen LogP contribution in [0.3, 0.4) is 0 Å². The molecule has 0 aliphatic rings. The van der Waals surface area contributed by atoms with Crippen molar-refractivity contribution in [3.05, 3.63) is 59.8 Å². The van der Waals surface area contributed by atoms with E-state index in [1.54, 1.807) is 7.11 Å². The fraction of sp³-hybridized carbons (Fsp3) is 0.167. The van der Waals surface area contributed by atoms with Gasteiger partial charge in [0, 0.05) is 22.5 Å². The van der Waals surface area contributed by atoms with Gasteiger partial charge in [-0.05, 0) is 43.7 Å². The lowest BCUT2D eigenvalue weighted by molar-refractivity contribution is 0.419. The lowest BCUT2D eigenvalue weighted by Crippen LogP contribution is -1.96. The van der Waals surface area contributed by atoms with Crippen LogP contribution in [0.5, 0.6) is 5.75 Å². The van der Waals surface area contributed by atoms with Crippen molar-refractivity contribution in [2.75, 3.05) is 12.4 Å². The van der Waals surface area contributed by atoms with Crippen molar-refractivity contribution in [2.45, 2.75) is 13.8 Å². The molecular formula is C18H18N2O. The smallest absolute Gasteiger partial charge is 0.145 e. The highest BCUT2D eigenvalue weighted by molar-refractivity contribution is 5.96. The molecule has 0 aliphatic heterocycles. The van der Waals surface area contributed by atoms with Crippen LogP contribution in [0.4, 0.5) is 11.4 Å². The molecule has 3 aromatic rings. The molecule has 3 nitrogen and oxygen atoms in total. The third-order valence-corrected chi connectivity index (χ3v) is 3.45. The number of anilines is 2. The van der Waals surface area contributed by atoms with E-state index < -0.39 is 0 Å². The topological polar surface area (TPSA) is 34.1 Å². The van der Waals surface area contributed by atoms with Crippen molar-refractivity contribution in [3.8, 4) is 5.75 Å². The van der Waals surface area contributed by atoms with E-state index in [-0.39, 0.29) is 0 Å². The number of para-hydroxylation sites is 1. The lowest BCUT2D eigenvalue weighted by atomic mass is 10.1. The highest BCUT2D eigenvalue weighted by Crippen LogP contribution is 2.31. The molecule has 3 rings (SSSR count). The third-order valence-electron chi connectivity index (χ3n) is 3.45. The van der Waals surface area contributed by atoms with Gasteiger partial charge in [0.2, 0.25) is 0 Å². The van der Waals surface area contributed by atoms with E-state index in [1.807, 2.05) is 19.1 Å². The highest BCUT2D eigenvalue weighted by atomic mass is 16.5. The molecule has 106 valence electrons. The van der Waals surface area contributed by atoms with Gasteiger partial charge >= 0.3 is 0 Å². The number of aryl methyl sites for hydroxylation is 2. The summed E-state index contributed by atoms with van der Waals surface area (Å²) in [6.45, 7) is 4.08. The second-order valence-electron chi connectivity index (χ2n) is 5.16. The zero-order valence-corrected chi connectivity index (χ0v) is 12.5. The Morgan fingerprint density at radius 1 is 1.00 bits per heavy atom. The van der Waals surface area contributed by atoms with Gasteiger partial charge < -0.3 is 10.1 Å². The minimum Gasteiger partial charge on any atom is -0.494 e.